The van der Waals surface area contributed by atoms with E-state index in [9.17, 15) is 4.79 Å². The largest absolute Gasteiger partial charge is 0.350 e. The molecule has 0 unspecified atom stereocenters. The fourth-order valence-electron chi connectivity index (χ4n) is 3.08. The molecule has 0 bridgehead atoms. The van der Waals surface area contributed by atoms with Crippen LogP contribution >= 0.6 is 36.4 Å². The lowest BCUT2D eigenvalue weighted by Gasteiger charge is -2.16. The fourth-order valence-corrected chi connectivity index (χ4v) is 3.24. The Hall–Kier alpha value is -1.01. The molecule has 2 aromatic heterocycles. The smallest absolute Gasteiger partial charge is 0.223 e. The molecule has 0 saturated heterocycles. The van der Waals surface area contributed by atoms with Crippen LogP contribution in [0, 0.1) is 11.8 Å². The third kappa shape index (κ3) is 4.51. The van der Waals surface area contributed by atoms with Crippen molar-refractivity contribution >= 4 is 48.0 Å². The molecule has 2 atom stereocenters. The van der Waals surface area contributed by atoms with Gasteiger partial charge in [-0.15, -0.1) is 24.8 Å². The first-order chi connectivity index (χ1) is 10.2. The van der Waals surface area contributed by atoms with Crippen molar-refractivity contribution in [2.75, 3.05) is 6.54 Å². The number of carbonyl (C=O) groups is 1. The van der Waals surface area contributed by atoms with E-state index in [1.807, 2.05) is 16.7 Å². The molecule has 0 aromatic carbocycles. The van der Waals surface area contributed by atoms with E-state index in [2.05, 4.69) is 10.3 Å². The minimum atomic E-state index is 0. The van der Waals surface area contributed by atoms with Crippen molar-refractivity contribution in [1.29, 1.82) is 0 Å². The summed E-state index contributed by atoms with van der Waals surface area (Å²) in [6.07, 6.45) is 6.77. The quantitative estimate of drug-likeness (QED) is 0.858. The summed E-state index contributed by atoms with van der Waals surface area (Å²) < 4.78 is 1.86. The molecule has 1 fully saturated rings. The highest BCUT2D eigenvalue weighted by molar-refractivity contribution is 6.30. The van der Waals surface area contributed by atoms with Crippen LogP contribution in [0.4, 0.5) is 0 Å². The molecule has 1 aliphatic rings. The van der Waals surface area contributed by atoms with Gasteiger partial charge in [-0.3, -0.25) is 4.79 Å². The molecular formula is C15H21Cl3N4O. The number of aromatic nitrogens is 2. The molecule has 1 amide bonds. The van der Waals surface area contributed by atoms with E-state index >= 15 is 0 Å². The second kappa shape index (κ2) is 8.73. The molecule has 2 heterocycles. The summed E-state index contributed by atoms with van der Waals surface area (Å²) in [5, 5.41) is 3.64. The molecule has 8 heteroatoms. The Balaban J connectivity index is 0.00000132. The minimum absolute atomic E-state index is 0. The van der Waals surface area contributed by atoms with Gasteiger partial charge < -0.3 is 15.5 Å². The van der Waals surface area contributed by atoms with Crippen LogP contribution < -0.4 is 11.1 Å². The predicted octanol–water partition coefficient (Wildman–Crippen LogP) is 2.82. The number of amides is 1. The first-order valence-electron chi connectivity index (χ1n) is 7.28. The molecule has 1 aliphatic carbocycles. The summed E-state index contributed by atoms with van der Waals surface area (Å²) in [6, 6.07) is 3.66. The average molecular weight is 380 g/mol. The number of nitrogens with two attached hydrogens (primary N) is 1. The van der Waals surface area contributed by atoms with Crippen molar-refractivity contribution in [1.82, 2.24) is 14.7 Å². The first-order valence-corrected chi connectivity index (χ1v) is 7.66. The van der Waals surface area contributed by atoms with E-state index in [1.165, 1.54) is 0 Å². The maximum Gasteiger partial charge on any atom is 0.223 e. The Morgan fingerprint density at radius 3 is 2.87 bits per heavy atom. The zero-order valence-electron chi connectivity index (χ0n) is 12.6. The van der Waals surface area contributed by atoms with Crippen molar-refractivity contribution in [2.45, 2.75) is 25.8 Å². The van der Waals surface area contributed by atoms with Gasteiger partial charge in [0.1, 0.15) is 5.65 Å². The third-order valence-electron chi connectivity index (χ3n) is 4.21. The maximum absolute atomic E-state index is 12.2. The lowest BCUT2D eigenvalue weighted by molar-refractivity contribution is -0.126. The van der Waals surface area contributed by atoms with Gasteiger partial charge in [0.2, 0.25) is 5.91 Å². The molecule has 0 radical (unpaired) electrons. The maximum atomic E-state index is 12.2. The van der Waals surface area contributed by atoms with Crippen LogP contribution in [0.5, 0.6) is 0 Å². The Kier molecular flexibility index (Phi) is 7.61. The molecule has 0 spiro atoms. The summed E-state index contributed by atoms with van der Waals surface area (Å²) >= 11 is 5.94. The summed E-state index contributed by atoms with van der Waals surface area (Å²) in [5.41, 5.74) is 7.38. The van der Waals surface area contributed by atoms with Crippen LogP contribution in [0.25, 0.3) is 5.65 Å². The topological polar surface area (TPSA) is 72.4 Å². The van der Waals surface area contributed by atoms with Gasteiger partial charge >= 0.3 is 0 Å². The predicted molar refractivity (Wildman–Crippen MR) is 96.4 cm³/mol. The summed E-state index contributed by atoms with van der Waals surface area (Å²) in [4.78, 5) is 16.7. The van der Waals surface area contributed by atoms with Crippen LogP contribution in [-0.2, 0) is 11.3 Å². The zero-order chi connectivity index (χ0) is 14.8. The average Bonchev–Trinajstić information content (AvgIpc) is 3.10. The number of imidazole rings is 1. The molecule has 2 aromatic rings. The second-order valence-corrected chi connectivity index (χ2v) is 6.03. The molecule has 23 heavy (non-hydrogen) atoms. The summed E-state index contributed by atoms with van der Waals surface area (Å²) in [7, 11) is 0. The van der Waals surface area contributed by atoms with Crippen LogP contribution in [0.15, 0.2) is 24.5 Å². The SMILES string of the molecule is Cl.Cl.NC[C@H]1CCC[C@H]1C(=O)NCc1cn2cc(Cl)ccc2n1. The normalized spacial score (nSPS) is 19.9. The van der Waals surface area contributed by atoms with Gasteiger partial charge in [-0.25, -0.2) is 4.98 Å². The van der Waals surface area contributed by atoms with E-state index in [4.69, 9.17) is 17.3 Å². The number of nitrogens with zero attached hydrogens (tertiary/aromatic N) is 2. The summed E-state index contributed by atoms with van der Waals surface area (Å²) in [6.45, 7) is 1.02. The molecular weight excluding hydrogens is 359 g/mol. The number of halogens is 3. The number of hydrogen-bond acceptors (Lipinski definition) is 3. The Labute approximate surface area is 152 Å². The van der Waals surface area contributed by atoms with Crippen molar-refractivity contribution in [3.63, 3.8) is 0 Å². The molecule has 0 aliphatic heterocycles. The standard InChI is InChI=1S/C15H19ClN4O.2ClH/c16-11-4-5-14-19-12(9-20(14)8-11)7-18-15(21)13-3-1-2-10(13)6-17;;/h4-5,8-10,13H,1-3,6-7,17H2,(H,18,21);2*1H/t10-,13-;;/m1../s1. The Morgan fingerprint density at radius 1 is 1.35 bits per heavy atom. The highest BCUT2D eigenvalue weighted by Crippen LogP contribution is 2.30. The Morgan fingerprint density at radius 2 is 2.13 bits per heavy atom. The fraction of sp³-hybridized carbons (Fsp3) is 0.467. The number of pyridine rings is 1. The van der Waals surface area contributed by atoms with Gasteiger partial charge in [0.15, 0.2) is 0 Å². The van der Waals surface area contributed by atoms with Gasteiger partial charge in [0.25, 0.3) is 0 Å². The third-order valence-corrected chi connectivity index (χ3v) is 4.43. The van der Waals surface area contributed by atoms with Crippen molar-refractivity contribution in [3.8, 4) is 0 Å². The number of fused-ring (bicyclic) bond motifs is 1. The van der Waals surface area contributed by atoms with Gasteiger partial charge in [-0.05, 0) is 37.4 Å². The zero-order valence-corrected chi connectivity index (χ0v) is 15.0. The number of carbonyl (C=O) groups excluding carboxylic acids is 1. The molecule has 3 N–H and O–H groups in total. The van der Waals surface area contributed by atoms with Crippen molar-refractivity contribution < 1.29 is 4.79 Å². The van der Waals surface area contributed by atoms with E-state index in [0.29, 0.717) is 24.0 Å². The Bertz CT molecular complexity index is 661. The van der Waals surface area contributed by atoms with Gasteiger partial charge in [-0.1, -0.05) is 18.0 Å². The highest BCUT2D eigenvalue weighted by atomic mass is 35.5. The van der Waals surface area contributed by atoms with Gasteiger partial charge in [0.05, 0.1) is 17.3 Å². The molecule has 3 rings (SSSR count). The van der Waals surface area contributed by atoms with Crippen LogP contribution in [0.3, 0.4) is 0 Å². The molecule has 5 nitrogen and oxygen atoms in total. The minimum Gasteiger partial charge on any atom is -0.350 e. The second-order valence-electron chi connectivity index (χ2n) is 5.60. The first kappa shape index (κ1) is 20.0. The molecule has 1 saturated carbocycles. The van der Waals surface area contributed by atoms with Gasteiger partial charge in [-0.2, -0.15) is 0 Å². The van der Waals surface area contributed by atoms with E-state index in [1.54, 1.807) is 12.3 Å². The van der Waals surface area contributed by atoms with Crippen LogP contribution in [0.2, 0.25) is 5.02 Å². The molecule has 128 valence electrons. The summed E-state index contributed by atoms with van der Waals surface area (Å²) in [5.74, 6) is 0.476. The number of hydrogen-bond donors (Lipinski definition) is 2. The van der Waals surface area contributed by atoms with E-state index in [-0.39, 0.29) is 36.6 Å². The lowest BCUT2D eigenvalue weighted by Crippen LogP contribution is -2.34. The number of nitrogens with one attached hydrogen (secondary N) is 1. The lowest BCUT2D eigenvalue weighted by atomic mass is 9.95. The monoisotopic (exact) mass is 378 g/mol. The highest BCUT2D eigenvalue weighted by Gasteiger charge is 2.31. The number of rotatable bonds is 4. The van der Waals surface area contributed by atoms with Crippen LogP contribution in [-0.4, -0.2) is 21.8 Å². The van der Waals surface area contributed by atoms with E-state index < -0.39 is 0 Å². The van der Waals surface area contributed by atoms with Crippen LogP contribution in [0.1, 0.15) is 25.0 Å². The van der Waals surface area contributed by atoms with Crippen molar-refractivity contribution in [2.24, 2.45) is 17.6 Å². The van der Waals surface area contributed by atoms with E-state index in [0.717, 1.165) is 30.6 Å². The van der Waals surface area contributed by atoms with Crippen molar-refractivity contribution in [3.05, 3.63) is 35.2 Å². The van der Waals surface area contributed by atoms with Gasteiger partial charge in [0, 0.05) is 18.3 Å².